The van der Waals surface area contributed by atoms with Gasteiger partial charge in [0.05, 0.1) is 5.02 Å². The van der Waals surface area contributed by atoms with Crippen molar-refractivity contribution in [2.75, 3.05) is 17.8 Å². The van der Waals surface area contributed by atoms with Crippen LogP contribution in [-0.2, 0) is 0 Å². The van der Waals surface area contributed by atoms with Gasteiger partial charge in [0.25, 0.3) is 0 Å². The molecule has 2 nitrogen and oxygen atoms in total. The highest BCUT2D eigenvalue weighted by Crippen LogP contribution is 2.34. The van der Waals surface area contributed by atoms with Crippen LogP contribution >= 0.6 is 23.5 Å². The highest BCUT2D eigenvalue weighted by atomic mass is 35.5. The number of allylic oxidation sites excluding steroid dienone is 4. The number of rotatable bonds is 7. The number of benzene rings is 3. The van der Waals surface area contributed by atoms with Gasteiger partial charge in [-0.3, -0.25) is 0 Å². The lowest BCUT2D eigenvalue weighted by Gasteiger charge is -2.30. The van der Waals surface area contributed by atoms with E-state index in [1.807, 2.05) is 6.07 Å². The number of hydrogen-bond acceptors (Lipinski definition) is 3. The van der Waals surface area contributed by atoms with Crippen molar-refractivity contribution < 1.29 is 0 Å². The number of nitrogens with one attached hydrogen (secondary N) is 1. The summed E-state index contributed by atoms with van der Waals surface area (Å²) < 4.78 is 3.47. The Labute approximate surface area is 218 Å². The number of hydrogen-bond donors (Lipinski definition) is 1. The lowest BCUT2D eigenvalue weighted by molar-refractivity contribution is 0.340. The van der Waals surface area contributed by atoms with Crippen molar-refractivity contribution in [3.05, 3.63) is 114 Å². The Hall–Kier alpha value is -2.88. The van der Waals surface area contributed by atoms with Gasteiger partial charge in [0, 0.05) is 34.9 Å². The smallest absolute Gasteiger partial charge is 0.0519 e. The van der Waals surface area contributed by atoms with E-state index in [4.69, 9.17) is 11.6 Å². The van der Waals surface area contributed by atoms with E-state index in [0.717, 1.165) is 47.9 Å². The van der Waals surface area contributed by atoms with E-state index in [0.29, 0.717) is 11.8 Å². The fraction of sp³-hybridized carbons (Fsp3) is 0.226. The Balaban J connectivity index is 1.24. The van der Waals surface area contributed by atoms with Crippen LogP contribution < -0.4 is 4.72 Å². The molecule has 2 atom stereocenters. The summed E-state index contributed by atoms with van der Waals surface area (Å²) in [5.41, 5.74) is 3.00. The van der Waals surface area contributed by atoms with Crippen LogP contribution in [0.3, 0.4) is 0 Å². The van der Waals surface area contributed by atoms with E-state index in [2.05, 4.69) is 107 Å². The predicted molar refractivity (Wildman–Crippen MR) is 154 cm³/mol. The molecular weight excluding hydrogens is 468 g/mol. The Kier molecular flexibility index (Phi) is 7.66. The van der Waals surface area contributed by atoms with Crippen LogP contribution in [0.5, 0.6) is 0 Å². The number of halogens is 1. The lowest BCUT2D eigenvalue weighted by atomic mass is 9.89. The molecule has 1 N–H and O–H groups in total. The van der Waals surface area contributed by atoms with Gasteiger partial charge < -0.3 is 9.62 Å². The first-order valence-corrected chi connectivity index (χ1v) is 13.5. The van der Waals surface area contributed by atoms with Crippen LogP contribution in [0, 0.1) is 11.8 Å². The van der Waals surface area contributed by atoms with E-state index in [-0.39, 0.29) is 0 Å². The Morgan fingerprint density at radius 1 is 1.00 bits per heavy atom. The van der Waals surface area contributed by atoms with Crippen LogP contribution in [0.25, 0.3) is 16.5 Å². The average molecular weight is 499 g/mol. The molecule has 0 aromatic heterocycles. The first-order chi connectivity index (χ1) is 17.2. The van der Waals surface area contributed by atoms with E-state index in [1.54, 1.807) is 11.9 Å². The third-order valence-electron chi connectivity index (χ3n) is 6.79. The first-order valence-electron chi connectivity index (χ1n) is 12.3. The van der Waals surface area contributed by atoms with Crippen LogP contribution in [-0.4, -0.2) is 18.0 Å². The minimum atomic E-state index is 0.521. The summed E-state index contributed by atoms with van der Waals surface area (Å²) in [7, 11) is 0. The maximum atomic E-state index is 6.78. The second-order valence-electron chi connectivity index (χ2n) is 9.29. The fourth-order valence-electron chi connectivity index (χ4n) is 4.93. The number of anilines is 1. The summed E-state index contributed by atoms with van der Waals surface area (Å²) in [6, 6.07) is 21.0. The van der Waals surface area contributed by atoms with Crippen LogP contribution in [0.15, 0.2) is 109 Å². The molecule has 178 valence electrons. The fourth-order valence-corrected chi connectivity index (χ4v) is 6.02. The van der Waals surface area contributed by atoms with Gasteiger partial charge in [-0.15, -0.1) is 0 Å². The molecule has 3 aromatic rings. The minimum absolute atomic E-state index is 0.521. The molecule has 0 amide bonds. The van der Waals surface area contributed by atoms with Gasteiger partial charge in [-0.25, -0.2) is 0 Å². The van der Waals surface area contributed by atoms with Crippen LogP contribution in [0.2, 0.25) is 5.02 Å². The van der Waals surface area contributed by atoms with Gasteiger partial charge in [-0.1, -0.05) is 91.0 Å². The lowest BCUT2D eigenvalue weighted by Crippen LogP contribution is -2.28. The molecule has 0 spiro atoms. The third kappa shape index (κ3) is 5.86. The molecule has 4 heteroatoms. The van der Waals surface area contributed by atoms with E-state index in [9.17, 15) is 0 Å². The highest BCUT2D eigenvalue weighted by molar-refractivity contribution is 8.00. The monoisotopic (exact) mass is 498 g/mol. The molecule has 0 fully saturated rings. The van der Waals surface area contributed by atoms with Gasteiger partial charge in [-0.2, -0.15) is 0 Å². The van der Waals surface area contributed by atoms with Crippen molar-refractivity contribution in [3.63, 3.8) is 0 Å². The minimum Gasteiger partial charge on any atom is -0.371 e. The summed E-state index contributed by atoms with van der Waals surface area (Å²) in [6.07, 6.45) is 17.0. The molecule has 5 rings (SSSR count). The van der Waals surface area contributed by atoms with E-state index in [1.165, 1.54) is 22.1 Å². The van der Waals surface area contributed by atoms with Gasteiger partial charge in [0.2, 0.25) is 0 Å². The molecule has 2 aliphatic rings. The van der Waals surface area contributed by atoms with Gasteiger partial charge >= 0.3 is 0 Å². The maximum absolute atomic E-state index is 6.78. The van der Waals surface area contributed by atoms with Crippen molar-refractivity contribution in [2.24, 2.45) is 11.8 Å². The molecule has 0 radical (unpaired) electrons. The summed E-state index contributed by atoms with van der Waals surface area (Å²) in [4.78, 5) is 3.60. The molecule has 1 aliphatic heterocycles. The molecule has 0 saturated carbocycles. The topological polar surface area (TPSA) is 15.3 Å². The summed E-state index contributed by atoms with van der Waals surface area (Å²) >= 11 is 8.40. The van der Waals surface area contributed by atoms with Crippen molar-refractivity contribution in [2.45, 2.75) is 24.2 Å². The predicted octanol–water partition coefficient (Wildman–Crippen LogP) is 8.98. The van der Waals surface area contributed by atoms with Crippen molar-refractivity contribution >= 4 is 45.7 Å². The standard InChI is InChI=1S/C31H31ClN2S/c1-23(34-19-8-7-12-25(22-34)20-24-10-3-2-4-11-24)28-18-17-27(21-30(28)32)33-35-31-16-9-14-26-13-5-6-15-29(26)31/h2-7,9-10,12-18,21,24-25,33H,1,8,11,19-20,22H2/t24?,25-/m0/s1. The normalized spacial score (nSPS) is 19.6. The maximum Gasteiger partial charge on any atom is 0.0519 e. The Bertz CT molecular complexity index is 1290. The van der Waals surface area contributed by atoms with Crippen LogP contribution in [0.4, 0.5) is 5.69 Å². The molecule has 1 aliphatic carbocycles. The zero-order valence-electron chi connectivity index (χ0n) is 19.9. The van der Waals surface area contributed by atoms with Crippen LogP contribution in [0.1, 0.15) is 24.8 Å². The van der Waals surface area contributed by atoms with E-state index >= 15 is 0 Å². The zero-order valence-corrected chi connectivity index (χ0v) is 21.4. The molecule has 3 aromatic carbocycles. The van der Waals surface area contributed by atoms with Gasteiger partial charge in [0.15, 0.2) is 0 Å². The number of nitrogens with zero attached hydrogens (tertiary/aromatic N) is 1. The molecule has 0 saturated heterocycles. The highest BCUT2D eigenvalue weighted by Gasteiger charge is 2.21. The molecule has 0 bridgehead atoms. The molecule has 1 heterocycles. The molecule has 1 unspecified atom stereocenters. The average Bonchev–Trinajstić information content (AvgIpc) is 3.13. The van der Waals surface area contributed by atoms with Gasteiger partial charge in [0.1, 0.15) is 0 Å². The summed E-state index contributed by atoms with van der Waals surface area (Å²) in [5.74, 6) is 1.14. The largest absolute Gasteiger partial charge is 0.371 e. The van der Waals surface area contributed by atoms with Gasteiger partial charge in [-0.05, 0) is 78.1 Å². The summed E-state index contributed by atoms with van der Waals surface area (Å²) in [6.45, 7) is 6.41. The second-order valence-corrected chi connectivity index (χ2v) is 10.5. The van der Waals surface area contributed by atoms with Crippen molar-refractivity contribution in [3.8, 4) is 0 Å². The Morgan fingerprint density at radius 2 is 1.89 bits per heavy atom. The summed E-state index contributed by atoms with van der Waals surface area (Å²) in [5, 5.41) is 3.21. The zero-order chi connectivity index (χ0) is 24.0. The van der Waals surface area contributed by atoms with Crippen molar-refractivity contribution in [1.82, 2.24) is 4.90 Å². The first kappa shape index (κ1) is 23.8. The SMILES string of the molecule is C=C(c1ccc(NSc2cccc3ccccc23)cc1Cl)N1CCC=C[C@@H](CC2C=CC=CC2)C1. The third-order valence-corrected chi connectivity index (χ3v) is 8.02. The molecule has 35 heavy (non-hydrogen) atoms. The molecular formula is C31H31ClN2S. The number of fused-ring (bicyclic) bond motifs is 1. The Morgan fingerprint density at radius 3 is 2.74 bits per heavy atom. The quantitative estimate of drug-likeness (QED) is 0.258. The second kappa shape index (κ2) is 11.2. The van der Waals surface area contributed by atoms with E-state index < -0.39 is 0 Å². The van der Waals surface area contributed by atoms with Crippen molar-refractivity contribution in [1.29, 1.82) is 0 Å².